The summed E-state index contributed by atoms with van der Waals surface area (Å²) >= 11 is 0. The van der Waals surface area contributed by atoms with E-state index in [1.54, 1.807) is 0 Å². The van der Waals surface area contributed by atoms with E-state index >= 15 is 0 Å². The Balaban J connectivity index is 2.22. The number of hydrogen-bond acceptors (Lipinski definition) is 4. The summed E-state index contributed by atoms with van der Waals surface area (Å²) < 4.78 is 0. The number of likely N-dealkylation sites (tertiary alicyclic amines) is 1. The molecule has 7 heteroatoms. The van der Waals surface area contributed by atoms with Gasteiger partial charge in [-0.1, -0.05) is 0 Å². The topological polar surface area (TPSA) is 121 Å². The zero-order valence-corrected chi connectivity index (χ0v) is 10.5. The zero-order chi connectivity index (χ0) is 14.9. The van der Waals surface area contributed by atoms with E-state index in [1.807, 2.05) is 0 Å². The highest BCUT2D eigenvalue weighted by Crippen LogP contribution is 2.21. The molecule has 1 aliphatic rings. The highest BCUT2D eigenvalue weighted by molar-refractivity contribution is 5.98. The molecule has 2 atom stereocenters. The molecule has 1 heterocycles. The minimum absolute atomic E-state index is 0.0143. The molecule has 0 radical (unpaired) electrons. The van der Waals surface area contributed by atoms with Gasteiger partial charge in [0.15, 0.2) is 0 Å². The molecule has 7 nitrogen and oxygen atoms in total. The van der Waals surface area contributed by atoms with Gasteiger partial charge in [0.25, 0.3) is 5.91 Å². The number of rotatable bonds is 3. The van der Waals surface area contributed by atoms with Crippen molar-refractivity contribution in [1.82, 2.24) is 4.90 Å². The highest BCUT2D eigenvalue weighted by Gasteiger charge is 2.39. The summed E-state index contributed by atoms with van der Waals surface area (Å²) in [5.41, 5.74) is 5.60. The number of carboxylic acids is 1. The van der Waals surface area contributed by atoms with Gasteiger partial charge in [0, 0.05) is 24.1 Å². The number of aliphatic carboxylic acids is 1. The van der Waals surface area contributed by atoms with Gasteiger partial charge in [0.1, 0.15) is 6.04 Å². The fourth-order valence-electron chi connectivity index (χ4n) is 2.22. The van der Waals surface area contributed by atoms with E-state index in [2.05, 4.69) is 0 Å². The molecule has 1 aromatic carbocycles. The van der Waals surface area contributed by atoms with Crippen molar-refractivity contribution >= 4 is 17.8 Å². The monoisotopic (exact) mass is 278 g/mol. The third-order valence-electron chi connectivity index (χ3n) is 3.24. The van der Waals surface area contributed by atoms with Crippen molar-refractivity contribution in [2.24, 2.45) is 5.73 Å². The van der Waals surface area contributed by atoms with Crippen LogP contribution in [0.1, 0.15) is 27.1 Å². The number of carbonyl (C=O) groups excluding carboxylic acids is 2. The molecular formula is C13H14N2O5. The van der Waals surface area contributed by atoms with Gasteiger partial charge in [-0.05, 0) is 24.3 Å². The number of carboxylic acid groups (broad SMARTS) is 1. The maximum absolute atomic E-state index is 12.2. The average Bonchev–Trinajstić information content (AvgIpc) is 2.80. The van der Waals surface area contributed by atoms with E-state index < -0.39 is 29.9 Å². The molecule has 1 aliphatic heterocycles. The summed E-state index contributed by atoms with van der Waals surface area (Å²) in [5, 5.41) is 18.6. The average molecular weight is 278 g/mol. The van der Waals surface area contributed by atoms with Crippen LogP contribution in [-0.4, -0.2) is 51.6 Å². The van der Waals surface area contributed by atoms with E-state index in [0.717, 1.165) is 4.90 Å². The first-order valence-corrected chi connectivity index (χ1v) is 6.02. The zero-order valence-electron chi connectivity index (χ0n) is 10.5. The van der Waals surface area contributed by atoms with Gasteiger partial charge in [0.2, 0.25) is 5.91 Å². The SMILES string of the molecule is NC(=O)c1ccc(C(=O)N2CC(O)C[C@H]2C(=O)O)cc1. The lowest BCUT2D eigenvalue weighted by atomic mass is 10.1. The number of benzene rings is 1. The third kappa shape index (κ3) is 2.62. The largest absolute Gasteiger partial charge is 0.480 e. The number of amides is 2. The Morgan fingerprint density at radius 3 is 2.20 bits per heavy atom. The van der Waals surface area contributed by atoms with Crippen molar-refractivity contribution < 1.29 is 24.6 Å². The van der Waals surface area contributed by atoms with Crippen molar-refractivity contribution in [3.05, 3.63) is 35.4 Å². The maximum Gasteiger partial charge on any atom is 0.326 e. The molecule has 0 bridgehead atoms. The van der Waals surface area contributed by atoms with Gasteiger partial charge in [-0.25, -0.2) is 4.79 Å². The Labute approximate surface area is 114 Å². The van der Waals surface area contributed by atoms with Gasteiger partial charge >= 0.3 is 5.97 Å². The first-order valence-electron chi connectivity index (χ1n) is 6.02. The fraction of sp³-hybridized carbons (Fsp3) is 0.308. The summed E-state index contributed by atoms with van der Waals surface area (Å²) in [6.45, 7) is -0.0205. The molecule has 0 spiro atoms. The van der Waals surface area contributed by atoms with Crippen LogP contribution in [0.3, 0.4) is 0 Å². The van der Waals surface area contributed by atoms with Gasteiger partial charge < -0.3 is 20.8 Å². The van der Waals surface area contributed by atoms with Crippen LogP contribution in [0, 0.1) is 0 Å². The summed E-state index contributed by atoms with van der Waals surface area (Å²) in [5.74, 6) is -2.25. The van der Waals surface area contributed by atoms with E-state index in [9.17, 15) is 19.5 Å². The quantitative estimate of drug-likeness (QED) is 0.684. The van der Waals surface area contributed by atoms with E-state index in [-0.39, 0.29) is 24.1 Å². The normalized spacial score (nSPS) is 21.8. The summed E-state index contributed by atoms with van der Waals surface area (Å²) in [4.78, 5) is 35.4. The molecule has 0 saturated carbocycles. The molecule has 1 unspecified atom stereocenters. The number of β-amino-alcohol motifs (C(OH)–C–C–N with tert-alkyl or cyclic N) is 1. The smallest absolute Gasteiger partial charge is 0.326 e. The van der Waals surface area contributed by atoms with E-state index in [1.165, 1.54) is 24.3 Å². The third-order valence-corrected chi connectivity index (χ3v) is 3.24. The van der Waals surface area contributed by atoms with Crippen molar-refractivity contribution in [2.75, 3.05) is 6.54 Å². The number of primary amides is 1. The van der Waals surface area contributed by atoms with Crippen LogP contribution in [0.25, 0.3) is 0 Å². The van der Waals surface area contributed by atoms with Crippen LogP contribution >= 0.6 is 0 Å². The summed E-state index contributed by atoms with van der Waals surface area (Å²) in [6, 6.07) is 4.58. The van der Waals surface area contributed by atoms with Crippen LogP contribution in [0.5, 0.6) is 0 Å². The van der Waals surface area contributed by atoms with Gasteiger partial charge in [-0.3, -0.25) is 9.59 Å². The standard InChI is InChI=1S/C13H14N2O5/c14-11(17)7-1-3-8(4-2-7)12(18)15-6-9(16)5-10(15)13(19)20/h1-4,9-10,16H,5-6H2,(H2,14,17)(H,19,20)/t9?,10-/m0/s1. The van der Waals surface area contributed by atoms with Crippen LogP contribution in [0.15, 0.2) is 24.3 Å². The Morgan fingerprint density at radius 2 is 1.70 bits per heavy atom. The first kappa shape index (κ1) is 14.0. The Bertz CT molecular complexity index is 554. The second-order valence-electron chi connectivity index (χ2n) is 4.64. The van der Waals surface area contributed by atoms with Crippen LogP contribution in [-0.2, 0) is 4.79 Å². The lowest BCUT2D eigenvalue weighted by Crippen LogP contribution is -2.40. The lowest BCUT2D eigenvalue weighted by Gasteiger charge is -2.21. The molecule has 1 fully saturated rings. The van der Waals surface area contributed by atoms with E-state index in [4.69, 9.17) is 10.8 Å². The second-order valence-corrected chi connectivity index (χ2v) is 4.64. The minimum atomic E-state index is -1.15. The Morgan fingerprint density at radius 1 is 1.15 bits per heavy atom. The molecule has 1 aromatic rings. The van der Waals surface area contributed by atoms with Gasteiger partial charge in [-0.15, -0.1) is 0 Å². The fourth-order valence-corrected chi connectivity index (χ4v) is 2.22. The van der Waals surface area contributed by atoms with Crippen LogP contribution < -0.4 is 5.73 Å². The molecular weight excluding hydrogens is 264 g/mol. The molecule has 106 valence electrons. The molecule has 1 saturated heterocycles. The van der Waals surface area contributed by atoms with Crippen molar-refractivity contribution in [3.8, 4) is 0 Å². The lowest BCUT2D eigenvalue weighted by molar-refractivity contribution is -0.141. The number of nitrogens with zero attached hydrogens (tertiary/aromatic N) is 1. The molecule has 2 amide bonds. The Hall–Kier alpha value is -2.41. The molecule has 4 N–H and O–H groups in total. The van der Waals surface area contributed by atoms with E-state index in [0.29, 0.717) is 0 Å². The minimum Gasteiger partial charge on any atom is -0.480 e. The highest BCUT2D eigenvalue weighted by atomic mass is 16.4. The number of nitrogens with two attached hydrogens (primary N) is 1. The van der Waals surface area contributed by atoms with Crippen molar-refractivity contribution in [3.63, 3.8) is 0 Å². The van der Waals surface area contributed by atoms with Crippen molar-refractivity contribution in [2.45, 2.75) is 18.6 Å². The molecule has 2 rings (SSSR count). The predicted octanol–water partition coefficient (Wildman–Crippen LogP) is -0.554. The molecule has 0 aliphatic carbocycles. The maximum atomic E-state index is 12.2. The van der Waals surface area contributed by atoms with Crippen LogP contribution in [0.4, 0.5) is 0 Å². The van der Waals surface area contributed by atoms with Crippen LogP contribution in [0.2, 0.25) is 0 Å². The number of carbonyl (C=O) groups is 3. The van der Waals surface area contributed by atoms with Crippen molar-refractivity contribution in [1.29, 1.82) is 0 Å². The summed E-state index contributed by atoms with van der Waals surface area (Å²) in [7, 11) is 0. The number of aliphatic hydroxyl groups is 1. The molecule has 20 heavy (non-hydrogen) atoms. The van der Waals surface area contributed by atoms with Gasteiger partial charge in [-0.2, -0.15) is 0 Å². The predicted molar refractivity (Wildman–Crippen MR) is 68.0 cm³/mol. The first-order chi connectivity index (χ1) is 9.40. The Kier molecular flexibility index (Phi) is 3.71. The van der Waals surface area contributed by atoms with Gasteiger partial charge in [0.05, 0.1) is 6.10 Å². The number of hydrogen-bond donors (Lipinski definition) is 3. The second kappa shape index (κ2) is 5.30. The molecule has 0 aromatic heterocycles. The number of aliphatic hydroxyl groups excluding tert-OH is 1. The summed E-state index contributed by atoms with van der Waals surface area (Å²) in [6.07, 6.45) is -0.828.